The summed E-state index contributed by atoms with van der Waals surface area (Å²) < 4.78 is 38.8. The summed E-state index contributed by atoms with van der Waals surface area (Å²) in [6.45, 7) is 3.41. The number of nitrogens with zero attached hydrogens (tertiary/aromatic N) is 2. The van der Waals surface area contributed by atoms with Crippen molar-refractivity contribution in [3.8, 4) is 0 Å². The third kappa shape index (κ3) is 3.65. The van der Waals surface area contributed by atoms with Crippen molar-refractivity contribution in [1.82, 2.24) is 4.90 Å². The number of hydrogen-bond donors (Lipinski definition) is 0. The SMILES string of the molecule is O=CCCN1CCC2(Cc3ccccc3N(c3ccc(C(F)(F)F)cc3)C2)C1. The number of benzene rings is 2. The van der Waals surface area contributed by atoms with E-state index in [1.165, 1.54) is 5.56 Å². The van der Waals surface area contributed by atoms with Crippen LogP contribution in [0.3, 0.4) is 0 Å². The number of carbonyl (C=O) groups is 1. The van der Waals surface area contributed by atoms with Gasteiger partial charge in [-0.3, -0.25) is 0 Å². The third-order valence-electron chi connectivity index (χ3n) is 5.93. The Hall–Kier alpha value is -2.34. The van der Waals surface area contributed by atoms with Crippen LogP contribution in [0.4, 0.5) is 24.5 Å². The second-order valence-corrected chi connectivity index (χ2v) is 7.92. The van der Waals surface area contributed by atoms with Gasteiger partial charge >= 0.3 is 6.18 Å². The van der Waals surface area contributed by atoms with Gasteiger partial charge in [-0.1, -0.05) is 18.2 Å². The Kier molecular flexibility index (Phi) is 4.91. The molecule has 0 amide bonds. The average Bonchev–Trinajstić information content (AvgIpc) is 3.07. The number of anilines is 2. The summed E-state index contributed by atoms with van der Waals surface area (Å²) in [7, 11) is 0. The molecule has 2 aliphatic heterocycles. The van der Waals surface area contributed by atoms with Gasteiger partial charge in [-0.25, -0.2) is 0 Å². The molecule has 1 fully saturated rings. The number of halogens is 3. The zero-order chi connectivity index (χ0) is 19.8. The van der Waals surface area contributed by atoms with Crippen molar-refractivity contribution in [2.24, 2.45) is 5.41 Å². The molecule has 3 nitrogen and oxygen atoms in total. The molecule has 2 aromatic carbocycles. The summed E-state index contributed by atoms with van der Waals surface area (Å²) in [6.07, 6.45) is -0.857. The van der Waals surface area contributed by atoms with E-state index in [4.69, 9.17) is 0 Å². The topological polar surface area (TPSA) is 23.6 Å². The standard InChI is InChI=1S/C22H23F3N2O/c23-22(24,25)18-6-8-19(9-7-18)27-16-21(10-12-26(15-21)11-3-13-28)14-17-4-1-2-5-20(17)27/h1-2,4-9,13H,3,10-12,14-16H2. The van der Waals surface area contributed by atoms with Crippen molar-refractivity contribution in [3.63, 3.8) is 0 Å². The largest absolute Gasteiger partial charge is 0.416 e. The predicted octanol–water partition coefficient (Wildman–Crippen LogP) is 4.68. The fourth-order valence-corrected chi connectivity index (χ4v) is 4.59. The lowest BCUT2D eigenvalue weighted by Crippen LogP contribution is -2.43. The molecule has 0 N–H and O–H groups in total. The molecule has 1 atom stereocenters. The summed E-state index contributed by atoms with van der Waals surface area (Å²) in [5.41, 5.74) is 2.51. The van der Waals surface area contributed by atoms with E-state index in [1.54, 1.807) is 12.1 Å². The summed E-state index contributed by atoms with van der Waals surface area (Å²) in [5, 5.41) is 0. The summed E-state index contributed by atoms with van der Waals surface area (Å²) in [6, 6.07) is 13.6. The minimum absolute atomic E-state index is 0.0555. The zero-order valence-corrected chi connectivity index (χ0v) is 15.6. The Labute approximate surface area is 162 Å². The molecule has 2 heterocycles. The summed E-state index contributed by atoms with van der Waals surface area (Å²) in [4.78, 5) is 15.2. The Morgan fingerprint density at radius 3 is 2.50 bits per heavy atom. The van der Waals surface area contributed by atoms with Gasteiger partial charge in [-0.15, -0.1) is 0 Å². The Bertz CT molecular complexity index is 850. The van der Waals surface area contributed by atoms with Crippen LogP contribution in [0.1, 0.15) is 24.0 Å². The molecule has 0 radical (unpaired) electrons. The van der Waals surface area contributed by atoms with Crippen molar-refractivity contribution in [3.05, 3.63) is 59.7 Å². The van der Waals surface area contributed by atoms with Gasteiger partial charge in [-0.2, -0.15) is 13.2 Å². The second kappa shape index (κ2) is 7.24. The Balaban J connectivity index is 1.64. The smallest absolute Gasteiger partial charge is 0.341 e. The Morgan fingerprint density at radius 2 is 1.79 bits per heavy atom. The highest BCUT2D eigenvalue weighted by Crippen LogP contribution is 2.45. The minimum atomic E-state index is -4.33. The van der Waals surface area contributed by atoms with Crippen LogP contribution >= 0.6 is 0 Å². The first-order valence-electron chi connectivity index (χ1n) is 9.59. The van der Waals surface area contributed by atoms with Crippen molar-refractivity contribution in [2.45, 2.75) is 25.4 Å². The molecule has 148 valence electrons. The van der Waals surface area contributed by atoms with Crippen molar-refractivity contribution in [2.75, 3.05) is 31.1 Å². The number of alkyl halides is 3. The molecule has 0 bridgehead atoms. The molecule has 4 rings (SSSR count). The van der Waals surface area contributed by atoms with E-state index in [-0.39, 0.29) is 5.41 Å². The van der Waals surface area contributed by atoms with Gasteiger partial charge in [0.25, 0.3) is 0 Å². The predicted molar refractivity (Wildman–Crippen MR) is 103 cm³/mol. The van der Waals surface area contributed by atoms with E-state index >= 15 is 0 Å². The highest BCUT2D eigenvalue weighted by atomic mass is 19.4. The molecule has 1 spiro atoms. The fraction of sp³-hybridized carbons (Fsp3) is 0.409. The molecule has 1 saturated heterocycles. The van der Waals surface area contributed by atoms with Crippen molar-refractivity contribution in [1.29, 1.82) is 0 Å². The van der Waals surface area contributed by atoms with E-state index in [2.05, 4.69) is 15.9 Å². The summed E-state index contributed by atoms with van der Waals surface area (Å²) >= 11 is 0. The molecule has 1 unspecified atom stereocenters. The molecule has 0 saturated carbocycles. The fourth-order valence-electron chi connectivity index (χ4n) is 4.59. The second-order valence-electron chi connectivity index (χ2n) is 7.92. The molecule has 6 heteroatoms. The zero-order valence-electron chi connectivity index (χ0n) is 15.6. The quantitative estimate of drug-likeness (QED) is 0.711. The highest BCUT2D eigenvalue weighted by Gasteiger charge is 2.43. The first-order valence-corrected chi connectivity index (χ1v) is 9.59. The van der Waals surface area contributed by atoms with Gasteiger partial charge in [0.15, 0.2) is 0 Å². The number of fused-ring (bicyclic) bond motifs is 1. The van der Waals surface area contributed by atoms with Crippen LogP contribution in [0.25, 0.3) is 0 Å². The number of rotatable bonds is 4. The lowest BCUT2D eigenvalue weighted by molar-refractivity contribution is -0.137. The molecular weight excluding hydrogens is 365 g/mol. The van der Waals surface area contributed by atoms with E-state index in [9.17, 15) is 18.0 Å². The van der Waals surface area contributed by atoms with Crippen LogP contribution in [-0.2, 0) is 17.4 Å². The number of para-hydroxylation sites is 1. The molecule has 0 aromatic heterocycles. The molecule has 2 aromatic rings. The Morgan fingerprint density at radius 1 is 1.04 bits per heavy atom. The number of aldehydes is 1. The van der Waals surface area contributed by atoms with Crippen LogP contribution < -0.4 is 4.90 Å². The van der Waals surface area contributed by atoms with Crippen molar-refractivity contribution < 1.29 is 18.0 Å². The van der Waals surface area contributed by atoms with E-state index in [1.807, 2.05) is 18.2 Å². The van der Waals surface area contributed by atoms with Gasteiger partial charge in [-0.05, 0) is 55.3 Å². The lowest BCUT2D eigenvalue weighted by atomic mass is 9.76. The summed E-state index contributed by atoms with van der Waals surface area (Å²) in [5.74, 6) is 0. The van der Waals surface area contributed by atoms with E-state index < -0.39 is 11.7 Å². The molecule has 2 aliphatic rings. The maximum atomic E-state index is 12.9. The number of carbonyl (C=O) groups excluding carboxylic acids is 1. The van der Waals surface area contributed by atoms with E-state index in [0.29, 0.717) is 6.42 Å². The first-order chi connectivity index (χ1) is 13.4. The van der Waals surface area contributed by atoms with Gasteiger partial charge in [0.05, 0.1) is 5.56 Å². The maximum Gasteiger partial charge on any atom is 0.416 e. The molecule has 0 aliphatic carbocycles. The third-order valence-corrected chi connectivity index (χ3v) is 5.93. The van der Waals surface area contributed by atoms with Gasteiger partial charge < -0.3 is 14.6 Å². The van der Waals surface area contributed by atoms with Crippen LogP contribution in [0.2, 0.25) is 0 Å². The van der Waals surface area contributed by atoms with Crippen LogP contribution in [-0.4, -0.2) is 37.4 Å². The van der Waals surface area contributed by atoms with Crippen molar-refractivity contribution >= 4 is 17.7 Å². The van der Waals surface area contributed by atoms with E-state index in [0.717, 1.165) is 68.8 Å². The van der Waals surface area contributed by atoms with Gasteiger partial charge in [0, 0.05) is 42.8 Å². The monoisotopic (exact) mass is 388 g/mol. The molecule has 28 heavy (non-hydrogen) atoms. The lowest BCUT2D eigenvalue weighted by Gasteiger charge is -2.43. The maximum absolute atomic E-state index is 12.9. The normalized spacial score (nSPS) is 22.5. The van der Waals surface area contributed by atoms with Crippen LogP contribution in [0.15, 0.2) is 48.5 Å². The average molecular weight is 388 g/mol. The van der Waals surface area contributed by atoms with Gasteiger partial charge in [0.1, 0.15) is 6.29 Å². The minimum Gasteiger partial charge on any atom is -0.341 e. The van der Waals surface area contributed by atoms with Crippen LogP contribution in [0, 0.1) is 5.41 Å². The number of hydrogen-bond acceptors (Lipinski definition) is 3. The highest BCUT2D eigenvalue weighted by molar-refractivity contribution is 5.69. The number of likely N-dealkylation sites (tertiary alicyclic amines) is 1. The van der Waals surface area contributed by atoms with Gasteiger partial charge in [0.2, 0.25) is 0 Å². The molecular formula is C22H23F3N2O. The van der Waals surface area contributed by atoms with Crippen LogP contribution in [0.5, 0.6) is 0 Å². The first kappa shape index (κ1) is 19.0.